The fraction of sp³-hybridized carbons (Fsp3) is 0.0909. The van der Waals surface area contributed by atoms with Gasteiger partial charge in [0.05, 0.1) is 10.6 Å². The number of nitrogens with zero attached hydrogens (tertiary/aromatic N) is 1. The zero-order chi connectivity index (χ0) is 12.6. The number of aromatic nitrogens is 2. The van der Waals surface area contributed by atoms with Gasteiger partial charge in [0.15, 0.2) is 0 Å². The lowest BCUT2D eigenvalue weighted by Gasteiger charge is -2.04. The molecule has 0 saturated carbocycles. The fourth-order valence-corrected chi connectivity index (χ4v) is 1.80. The van der Waals surface area contributed by atoms with Crippen LogP contribution in [0.4, 0.5) is 0 Å². The van der Waals surface area contributed by atoms with Crippen molar-refractivity contribution in [1.82, 2.24) is 9.97 Å². The van der Waals surface area contributed by atoms with Crippen molar-refractivity contribution in [3.8, 4) is 17.3 Å². The van der Waals surface area contributed by atoms with E-state index in [9.17, 15) is 9.90 Å². The number of halogens is 2. The predicted molar refractivity (Wildman–Crippen MR) is 69.4 cm³/mol. The number of H-pyrrole nitrogens is 1. The normalized spacial score (nSPS) is 10.5. The van der Waals surface area contributed by atoms with Crippen molar-refractivity contribution < 1.29 is 5.11 Å². The number of rotatable bonds is 1. The first-order chi connectivity index (χ1) is 7.99. The number of aromatic hydroxyl groups is 1. The minimum atomic E-state index is -0.362. The molecule has 1 aromatic heterocycles. The zero-order valence-electron chi connectivity index (χ0n) is 8.79. The summed E-state index contributed by atoms with van der Waals surface area (Å²) in [5.74, 6) is 0.0327. The maximum absolute atomic E-state index is 11.5. The minimum Gasteiger partial charge on any atom is -0.493 e. The van der Waals surface area contributed by atoms with E-state index < -0.39 is 0 Å². The van der Waals surface area contributed by atoms with Crippen molar-refractivity contribution in [2.45, 2.75) is 6.92 Å². The monoisotopic (exact) mass is 314 g/mol. The molecule has 0 aliphatic rings. The fourth-order valence-electron chi connectivity index (χ4n) is 1.30. The van der Waals surface area contributed by atoms with Gasteiger partial charge in [0.25, 0.3) is 5.56 Å². The molecule has 17 heavy (non-hydrogen) atoms. The first-order valence-electron chi connectivity index (χ1n) is 4.74. The molecule has 2 rings (SSSR count). The second-order valence-corrected chi connectivity index (χ2v) is 4.75. The Morgan fingerprint density at radius 2 is 2.18 bits per heavy atom. The molecular formula is C11H8BrClN2O2. The molecule has 0 spiro atoms. The molecule has 0 atom stereocenters. The van der Waals surface area contributed by atoms with Gasteiger partial charge in [-0.2, -0.15) is 4.98 Å². The van der Waals surface area contributed by atoms with Crippen molar-refractivity contribution in [2.24, 2.45) is 0 Å². The highest BCUT2D eigenvalue weighted by Crippen LogP contribution is 2.27. The maximum atomic E-state index is 11.5. The second-order valence-electron chi connectivity index (χ2n) is 3.49. The van der Waals surface area contributed by atoms with Crippen LogP contribution in [0.3, 0.4) is 0 Å². The van der Waals surface area contributed by atoms with Crippen LogP contribution in [0.25, 0.3) is 11.4 Å². The molecule has 4 nitrogen and oxygen atoms in total. The standard InChI is InChI=1S/C11H8BrClN2O2/c1-5-10(16)14-9(15-11(5)17)6-2-3-8(13)7(12)4-6/h2-4H,1H3,(H2,14,15,16,17). The van der Waals surface area contributed by atoms with Crippen molar-refractivity contribution in [2.75, 3.05) is 0 Å². The van der Waals surface area contributed by atoms with Gasteiger partial charge in [-0.3, -0.25) is 4.79 Å². The Kier molecular flexibility index (Phi) is 3.22. The van der Waals surface area contributed by atoms with E-state index in [4.69, 9.17) is 11.6 Å². The van der Waals surface area contributed by atoms with Gasteiger partial charge in [-0.05, 0) is 41.1 Å². The molecule has 0 fully saturated rings. The van der Waals surface area contributed by atoms with Crippen molar-refractivity contribution >= 4 is 27.5 Å². The van der Waals surface area contributed by atoms with Gasteiger partial charge in [0.1, 0.15) is 5.82 Å². The van der Waals surface area contributed by atoms with E-state index in [0.29, 0.717) is 20.9 Å². The van der Waals surface area contributed by atoms with Crippen LogP contribution >= 0.6 is 27.5 Å². The third-order valence-electron chi connectivity index (χ3n) is 2.32. The van der Waals surface area contributed by atoms with Gasteiger partial charge in [0.2, 0.25) is 5.88 Å². The third kappa shape index (κ3) is 2.35. The van der Waals surface area contributed by atoms with Crippen LogP contribution in [0.2, 0.25) is 5.02 Å². The molecule has 1 aromatic carbocycles. The number of hydrogen-bond acceptors (Lipinski definition) is 3. The van der Waals surface area contributed by atoms with Crippen LogP contribution in [-0.4, -0.2) is 15.1 Å². The number of aromatic amines is 1. The van der Waals surface area contributed by atoms with Gasteiger partial charge in [0, 0.05) is 10.0 Å². The van der Waals surface area contributed by atoms with Gasteiger partial charge >= 0.3 is 0 Å². The Morgan fingerprint density at radius 3 is 2.76 bits per heavy atom. The van der Waals surface area contributed by atoms with E-state index in [-0.39, 0.29) is 17.0 Å². The molecule has 2 N–H and O–H groups in total. The molecule has 0 amide bonds. The molecule has 6 heteroatoms. The van der Waals surface area contributed by atoms with Gasteiger partial charge in [-0.25, -0.2) is 0 Å². The Bertz CT molecular complexity index is 640. The summed E-state index contributed by atoms with van der Waals surface area (Å²) in [7, 11) is 0. The lowest BCUT2D eigenvalue weighted by atomic mass is 10.2. The van der Waals surface area contributed by atoms with E-state index in [1.165, 1.54) is 6.92 Å². The Hall–Kier alpha value is -1.33. The van der Waals surface area contributed by atoms with E-state index in [0.717, 1.165) is 0 Å². The summed E-state index contributed by atoms with van der Waals surface area (Å²) in [5.41, 5.74) is 0.494. The zero-order valence-corrected chi connectivity index (χ0v) is 11.1. The van der Waals surface area contributed by atoms with Crippen molar-refractivity contribution in [1.29, 1.82) is 0 Å². The molecule has 1 heterocycles. The lowest BCUT2D eigenvalue weighted by Crippen LogP contribution is -2.12. The van der Waals surface area contributed by atoms with Gasteiger partial charge in [-0.1, -0.05) is 11.6 Å². The molecule has 2 aromatic rings. The smallest absolute Gasteiger partial charge is 0.257 e. The molecule has 0 saturated heterocycles. The van der Waals surface area contributed by atoms with E-state index in [1.807, 2.05) is 0 Å². The first kappa shape index (κ1) is 12.1. The van der Waals surface area contributed by atoms with Crippen molar-refractivity contribution in [3.05, 3.63) is 43.6 Å². The Morgan fingerprint density at radius 1 is 1.47 bits per heavy atom. The minimum absolute atomic E-state index is 0.196. The number of benzene rings is 1. The third-order valence-corrected chi connectivity index (χ3v) is 3.53. The predicted octanol–water partition coefficient (Wildman–Crippen LogP) is 2.87. The number of nitrogens with one attached hydrogen (secondary N) is 1. The van der Waals surface area contributed by atoms with Crippen LogP contribution in [0.1, 0.15) is 5.56 Å². The lowest BCUT2D eigenvalue weighted by molar-refractivity contribution is 0.447. The Balaban J connectivity index is 2.61. The van der Waals surface area contributed by atoms with Gasteiger partial charge in [-0.15, -0.1) is 0 Å². The summed E-state index contributed by atoms with van der Waals surface area (Å²) in [5, 5.41) is 10.1. The van der Waals surface area contributed by atoms with Crippen LogP contribution in [0.15, 0.2) is 27.5 Å². The highest BCUT2D eigenvalue weighted by molar-refractivity contribution is 9.10. The second kappa shape index (κ2) is 4.50. The van der Waals surface area contributed by atoms with Crippen LogP contribution in [0, 0.1) is 6.92 Å². The first-order valence-corrected chi connectivity index (χ1v) is 5.91. The van der Waals surface area contributed by atoms with Crippen LogP contribution in [0.5, 0.6) is 5.88 Å². The van der Waals surface area contributed by atoms with Crippen LogP contribution in [-0.2, 0) is 0 Å². The average Bonchev–Trinajstić information content (AvgIpc) is 2.29. The van der Waals surface area contributed by atoms with Crippen molar-refractivity contribution in [3.63, 3.8) is 0 Å². The molecule has 88 valence electrons. The maximum Gasteiger partial charge on any atom is 0.257 e. The van der Waals surface area contributed by atoms with E-state index in [2.05, 4.69) is 25.9 Å². The summed E-state index contributed by atoms with van der Waals surface area (Å²) in [6.45, 7) is 1.50. The summed E-state index contributed by atoms with van der Waals surface area (Å²) in [6.07, 6.45) is 0. The molecule has 0 radical (unpaired) electrons. The molecule has 0 aliphatic heterocycles. The summed E-state index contributed by atoms with van der Waals surface area (Å²) in [4.78, 5) is 18.0. The highest BCUT2D eigenvalue weighted by Gasteiger charge is 2.09. The summed E-state index contributed by atoms with van der Waals surface area (Å²) < 4.78 is 0.694. The highest BCUT2D eigenvalue weighted by atomic mass is 79.9. The largest absolute Gasteiger partial charge is 0.493 e. The average molecular weight is 316 g/mol. The van der Waals surface area contributed by atoms with E-state index >= 15 is 0 Å². The molecule has 0 bridgehead atoms. The molecule has 0 aliphatic carbocycles. The Labute approximate surface area is 110 Å². The number of hydrogen-bond donors (Lipinski definition) is 2. The van der Waals surface area contributed by atoms with E-state index in [1.54, 1.807) is 18.2 Å². The molecular weight excluding hydrogens is 307 g/mol. The quantitative estimate of drug-likeness (QED) is 0.850. The topological polar surface area (TPSA) is 66.0 Å². The molecule has 0 unspecified atom stereocenters. The SMILES string of the molecule is Cc1c(O)nc(-c2ccc(Cl)c(Br)c2)[nH]c1=O. The summed E-state index contributed by atoms with van der Waals surface area (Å²) in [6, 6.07) is 5.10. The summed E-state index contributed by atoms with van der Waals surface area (Å²) >= 11 is 9.15. The van der Waals surface area contributed by atoms with Crippen LogP contribution < -0.4 is 5.56 Å². The van der Waals surface area contributed by atoms with Gasteiger partial charge < -0.3 is 10.1 Å².